The van der Waals surface area contributed by atoms with Gasteiger partial charge in [0.25, 0.3) is 0 Å². The smallest absolute Gasteiger partial charge is 0.338 e. The highest BCUT2D eigenvalue weighted by Gasteiger charge is 2.35. The highest BCUT2D eigenvalue weighted by atomic mass is 79.9. The largest absolute Gasteiger partial charge is 0.493 e. The quantitative estimate of drug-likeness (QED) is 0.441. The molecule has 9 nitrogen and oxygen atoms in total. The van der Waals surface area contributed by atoms with Crippen LogP contribution in [0.25, 0.3) is 0 Å². The summed E-state index contributed by atoms with van der Waals surface area (Å²) in [6, 6.07) is 10.5. The average Bonchev–Trinajstić information content (AvgIpc) is 3.26. The van der Waals surface area contributed by atoms with E-state index in [0.29, 0.717) is 43.8 Å². The van der Waals surface area contributed by atoms with Gasteiger partial charge in [-0.2, -0.15) is 4.68 Å². The molecule has 0 bridgehead atoms. The van der Waals surface area contributed by atoms with Gasteiger partial charge in [0, 0.05) is 16.3 Å². The van der Waals surface area contributed by atoms with E-state index in [1.54, 1.807) is 27.0 Å². The van der Waals surface area contributed by atoms with Crippen molar-refractivity contribution < 1.29 is 19.0 Å². The first-order valence-electron chi connectivity index (χ1n) is 10.1. The van der Waals surface area contributed by atoms with Gasteiger partial charge in [0.2, 0.25) is 5.95 Å². The Balaban J connectivity index is 1.74. The van der Waals surface area contributed by atoms with Crippen molar-refractivity contribution in [1.82, 2.24) is 20.2 Å². The lowest BCUT2D eigenvalue weighted by Gasteiger charge is -2.28. The van der Waals surface area contributed by atoms with Crippen molar-refractivity contribution in [3.8, 4) is 11.5 Å². The summed E-state index contributed by atoms with van der Waals surface area (Å²) in [5.41, 5.74) is 2.56. The molecule has 4 rings (SSSR count). The summed E-state index contributed by atoms with van der Waals surface area (Å²) < 4.78 is 19.1. The molecular weight excluding hydrogens is 514 g/mol. The van der Waals surface area contributed by atoms with Crippen LogP contribution in [0.5, 0.6) is 11.5 Å². The van der Waals surface area contributed by atoms with Crippen molar-refractivity contribution in [2.45, 2.75) is 26.5 Å². The second-order valence-corrected chi connectivity index (χ2v) is 8.41. The SMILES string of the molecule is CCOC(=O)C1=C(C)Nc2nnnn2C1c1cc(Br)c(OCc2ccccc2Cl)c(OC)c1. The van der Waals surface area contributed by atoms with Crippen molar-refractivity contribution in [3.63, 3.8) is 0 Å². The van der Waals surface area contributed by atoms with Crippen LogP contribution >= 0.6 is 27.5 Å². The van der Waals surface area contributed by atoms with E-state index in [9.17, 15) is 4.79 Å². The summed E-state index contributed by atoms with van der Waals surface area (Å²) in [7, 11) is 1.55. The molecule has 1 aliphatic heterocycles. The second-order valence-electron chi connectivity index (χ2n) is 7.15. The van der Waals surface area contributed by atoms with Gasteiger partial charge in [-0.3, -0.25) is 0 Å². The number of fused-ring (bicyclic) bond motifs is 1. The summed E-state index contributed by atoms with van der Waals surface area (Å²) in [6.07, 6.45) is 0. The van der Waals surface area contributed by atoms with Crippen LogP contribution in [0.4, 0.5) is 5.95 Å². The van der Waals surface area contributed by atoms with Crippen LogP contribution in [0, 0.1) is 0 Å². The number of carbonyl (C=O) groups is 1. The van der Waals surface area contributed by atoms with Gasteiger partial charge < -0.3 is 19.5 Å². The number of nitrogens with one attached hydrogen (secondary N) is 1. The van der Waals surface area contributed by atoms with E-state index < -0.39 is 12.0 Å². The molecular formula is C22H21BrClN5O4. The van der Waals surface area contributed by atoms with E-state index in [1.165, 1.54) is 4.68 Å². The number of esters is 1. The van der Waals surface area contributed by atoms with E-state index in [4.69, 9.17) is 25.8 Å². The number of halogens is 2. The van der Waals surface area contributed by atoms with Crippen LogP contribution in [-0.2, 0) is 16.1 Å². The topological polar surface area (TPSA) is 100 Å². The third kappa shape index (κ3) is 4.53. The summed E-state index contributed by atoms with van der Waals surface area (Å²) in [6.45, 7) is 4.04. The maximum Gasteiger partial charge on any atom is 0.338 e. The summed E-state index contributed by atoms with van der Waals surface area (Å²) in [5.74, 6) is 0.938. The lowest BCUT2D eigenvalue weighted by Crippen LogP contribution is -2.29. The molecule has 2 aromatic carbocycles. The molecule has 0 fully saturated rings. The number of aromatic nitrogens is 4. The first kappa shape index (κ1) is 23.1. The number of hydrogen-bond donors (Lipinski definition) is 1. The van der Waals surface area contributed by atoms with E-state index >= 15 is 0 Å². The number of carbonyl (C=O) groups excluding carboxylic acids is 1. The van der Waals surface area contributed by atoms with Crippen LogP contribution in [0.15, 0.2) is 52.1 Å². The average molecular weight is 535 g/mol. The minimum absolute atomic E-state index is 0.243. The van der Waals surface area contributed by atoms with Crippen molar-refractivity contribution in [3.05, 3.63) is 68.3 Å². The molecule has 1 unspecified atom stereocenters. The molecule has 0 aliphatic carbocycles. The van der Waals surface area contributed by atoms with Gasteiger partial charge in [-0.1, -0.05) is 34.9 Å². The molecule has 0 saturated carbocycles. The fourth-order valence-electron chi connectivity index (χ4n) is 3.60. The number of nitrogens with zero attached hydrogens (tertiary/aromatic N) is 4. The Hall–Kier alpha value is -3.11. The molecule has 1 aliphatic rings. The van der Waals surface area contributed by atoms with Crippen LogP contribution in [0.3, 0.4) is 0 Å². The van der Waals surface area contributed by atoms with Gasteiger partial charge in [0.1, 0.15) is 12.6 Å². The van der Waals surface area contributed by atoms with E-state index in [2.05, 4.69) is 36.8 Å². The maximum absolute atomic E-state index is 12.8. The van der Waals surface area contributed by atoms with Gasteiger partial charge >= 0.3 is 5.97 Å². The van der Waals surface area contributed by atoms with Gasteiger partial charge in [-0.05, 0) is 64.0 Å². The number of ether oxygens (including phenoxy) is 3. The second kappa shape index (κ2) is 9.80. The third-order valence-electron chi connectivity index (χ3n) is 5.11. The monoisotopic (exact) mass is 533 g/mol. The van der Waals surface area contributed by atoms with Crippen LogP contribution < -0.4 is 14.8 Å². The van der Waals surface area contributed by atoms with Crippen molar-refractivity contribution in [1.29, 1.82) is 0 Å². The van der Waals surface area contributed by atoms with Gasteiger partial charge in [-0.15, -0.1) is 0 Å². The number of anilines is 1. The molecule has 1 atom stereocenters. The Bertz CT molecular complexity index is 1230. The van der Waals surface area contributed by atoms with Gasteiger partial charge in [-0.25, -0.2) is 4.79 Å². The summed E-state index contributed by atoms with van der Waals surface area (Å²) in [5, 5.41) is 15.5. The zero-order valence-electron chi connectivity index (χ0n) is 18.1. The predicted molar refractivity (Wildman–Crippen MR) is 125 cm³/mol. The molecule has 0 radical (unpaired) electrons. The van der Waals surface area contributed by atoms with Crippen molar-refractivity contribution in [2.75, 3.05) is 19.0 Å². The lowest BCUT2D eigenvalue weighted by atomic mass is 9.95. The molecule has 1 aromatic heterocycles. The zero-order chi connectivity index (χ0) is 23.5. The zero-order valence-corrected chi connectivity index (χ0v) is 20.5. The van der Waals surface area contributed by atoms with Gasteiger partial charge in [0.05, 0.1) is 23.8 Å². The van der Waals surface area contributed by atoms with Crippen molar-refractivity contribution in [2.24, 2.45) is 0 Å². The highest BCUT2D eigenvalue weighted by molar-refractivity contribution is 9.10. The summed E-state index contributed by atoms with van der Waals surface area (Å²) in [4.78, 5) is 12.8. The number of methoxy groups -OCH3 is 1. The van der Waals surface area contributed by atoms with Crippen LogP contribution in [0.1, 0.15) is 31.0 Å². The molecule has 0 saturated heterocycles. The van der Waals surface area contributed by atoms with Crippen molar-refractivity contribution >= 4 is 39.4 Å². The predicted octanol–water partition coefficient (Wildman–Crippen LogP) is 4.53. The first-order valence-corrected chi connectivity index (χ1v) is 11.3. The molecule has 3 aromatic rings. The normalized spacial score (nSPS) is 15.0. The fraction of sp³-hybridized carbons (Fsp3) is 0.273. The first-order chi connectivity index (χ1) is 15.9. The Labute approximate surface area is 203 Å². The fourth-order valence-corrected chi connectivity index (χ4v) is 4.36. The Morgan fingerprint density at radius 1 is 1.30 bits per heavy atom. The Morgan fingerprint density at radius 3 is 2.82 bits per heavy atom. The highest BCUT2D eigenvalue weighted by Crippen LogP contribution is 2.43. The minimum Gasteiger partial charge on any atom is -0.493 e. The molecule has 0 amide bonds. The van der Waals surface area contributed by atoms with E-state index in [0.717, 1.165) is 5.56 Å². The van der Waals surface area contributed by atoms with Crippen LogP contribution in [-0.4, -0.2) is 39.9 Å². The standard InChI is InChI=1S/C22H21BrClN5O4/c1-4-32-21(30)18-12(2)25-22-26-27-28-29(22)19(18)14-9-15(23)20(17(10-14)31-3)33-11-13-7-5-6-8-16(13)24/h5-10,19H,4,11H2,1-3H3,(H,25,26,28). The minimum atomic E-state index is -0.627. The molecule has 1 N–H and O–H groups in total. The Kier molecular flexibility index (Phi) is 6.85. The number of hydrogen-bond acceptors (Lipinski definition) is 8. The molecule has 0 spiro atoms. The molecule has 2 heterocycles. The van der Waals surface area contributed by atoms with Gasteiger partial charge in [0.15, 0.2) is 11.5 Å². The number of allylic oxidation sites excluding steroid dienone is 1. The van der Waals surface area contributed by atoms with E-state index in [-0.39, 0.29) is 13.2 Å². The number of tetrazole rings is 1. The molecule has 33 heavy (non-hydrogen) atoms. The van der Waals surface area contributed by atoms with Crippen LogP contribution in [0.2, 0.25) is 5.02 Å². The number of benzene rings is 2. The lowest BCUT2D eigenvalue weighted by molar-refractivity contribution is -0.139. The number of rotatable bonds is 7. The maximum atomic E-state index is 12.8. The molecule has 172 valence electrons. The van der Waals surface area contributed by atoms with E-state index in [1.807, 2.05) is 30.3 Å². The summed E-state index contributed by atoms with van der Waals surface area (Å²) >= 11 is 9.84. The third-order valence-corrected chi connectivity index (χ3v) is 6.06. The molecule has 11 heteroatoms. The Morgan fingerprint density at radius 2 is 2.09 bits per heavy atom.